The summed E-state index contributed by atoms with van der Waals surface area (Å²) in [5, 5.41) is 0.117. The van der Waals surface area contributed by atoms with Crippen LogP contribution in [-0.4, -0.2) is 20.8 Å². The lowest BCUT2D eigenvalue weighted by Gasteiger charge is -2.09. The highest BCUT2D eigenvalue weighted by Gasteiger charge is 2.21. The molecule has 1 N–H and O–H groups in total. The Hall–Kier alpha value is 0.220. The fourth-order valence-corrected chi connectivity index (χ4v) is 4.20. The molecule has 0 unspecified atom stereocenters. The summed E-state index contributed by atoms with van der Waals surface area (Å²) in [6.45, 7) is 0.123. The molecule has 0 amide bonds. The van der Waals surface area contributed by atoms with Gasteiger partial charge in [0.05, 0.1) is 10.0 Å². The molecule has 0 radical (unpaired) electrons. The maximum absolute atomic E-state index is 12.0. The molecule has 0 heterocycles. The number of rotatable bonds is 5. The molecule has 3 nitrogen and oxygen atoms in total. The molecule has 0 saturated heterocycles. The van der Waals surface area contributed by atoms with Crippen LogP contribution in [0, 0.1) is 0 Å². The first-order valence-electron chi connectivity index (χ1n) is 4.73. The average molecular weight is 394 g/mol. The van der Waals surface area contributed by atoms with Gasteiger partial charge in [0, 0.05) is 16.9 Å². The van der Waals surface area contributed by atoms with Crippen LogP contribution in [0.4, 0.5) is 0 Å². The number of sulfonamides is 1. The minimum Gasteiger partial charge on any atom is -0.207 e. The van der Waals surface area contributed by atoms with E-state index < -0.39 is 10.0 Å². The maximum Gasteiger partial charge on any atom is 0.243 e. The zero-order chi connectivity index (χ0) is 13.8. The SMILES string of the molecule is O=S(=O)(NC/C=C/CCl)c1c(Cl)cc(Br)cc1Cl. The summed E-state index contributed by atoms with van der Waals surface area (Å²) in [5.41, 5.74) is 0. The molecule has 0 aromatic heterocycles. The Morgan fingerprint density at radius 3 is 2.28 bits per heavy atom. The molecule has 0 atom stereocenters. The molecule has 0 spiro atoms. The Balaban J connectivity index is 3.02. The summed E-state index contributed by atoms with van der Waals surface area (Å²) in [6, 6.07) is 2.94. The predicted molar refractivity (Wildman–Crippen MR) is 79.2 cm³/mol. The summed E-state index contributed by atoms with van der Waals surface area (Å²) in [7, 11) is -3.75. The largest absolute Gasteiger partial charge is 0.243 e. The van der Waals surface area contributed by atoms with E-state index in [2.05, 4.69) is 20.7 Å². The lowest BCUT2D eigenvalue weighted by atomic mass is 10.4. The Morgan fingerprint density at radius 2 is 1.78 bits per heavy atom. The Morgan fingerprint density at radius 1 is 1.22 bits per heavy atom. The third-order valence-electron chi connectivity index (χ3n) is 1.88. The summed E-state index contributed by atoms with van der Waals surface area (Å²) in [4.78, 5) is -0.131. The third kappa shape index (κ3) is 4.40. The van der Waals surface area contributed by atoms with Crippen LogP contribution in [0.2, 0.25) is 10.0 Å². The zero-order valence-electron chi connectivity index (χ0n) is 8.96. The van der Waals surface area contributed by atoms with Gasteiger partial charge in [-0.3, -0.25) is 0 Å². The van der Waals surface area contributed by atoms with Crippen molar-refractivity contribution >= 4 is 60.8 Å². The topological polar surface area (TPSA) is 46.2 Å². The molecule has 18 heavy (non-hydrogen) atoms. The Labute approximate surface area is 129 Å². The van der Waals surface area contributed by atoms with Crippen molar-refractivity contribution in [3.63, 3.8) is 0 Å². The second kappa shape index (κ2) is 7.12. The molecular weight excluding hydrogens is 384 g/mol. The van der Waals surface area contributed by atoms with Crippen molar-refractivity contribution in [1.82, 2.24) is 4.72 Å². The van der Waals surface area contributed by atoms with Crippen molar-refractivity contribution in [3.05, 3.63) is 38.8 Å². The Kier molecular flexibility index (Phi) is 6.44. The van der Waals surface area contributed by atoms with E-state index in [1.807, 2.05) is 0 Å². The molecule has 0 aliphatic heterocycles. The molecule has 1 rings (SSSR count). The normalized spacial score (nSPS) is 12.2. The Bertz CT molecular complexity index is 537. The second-order valence-electron chi connectivity index (χ2n) is 3.18. The van der Waals surface area contributed by atoms with Crippen LogP contribution in [0.15, 0.2) is 33.7 Å². The molecule has 0 saturated carbocycles. The second-order valence-corrected chi connectivity index (χ2v) is 6.92. The van der Waals surface area contributed by atoms with Crippen LogP contribution in [0.1, 0.15) is 0 Å². The van der Waals surface area contributed by atoms with E-state index in [1.54, 1.807) is 12.2 Å². The number of hydrogen-bond donors (Lipinski definition) is 1. The highest BCUT2D eigenvalue weighted by atomic mass is 79.9. The van der Waals surface area contributed by atoms with Crippen molar-refractivity contribution in [2.24, 2.45) is 0 Å². The summed E-state index contributed by atoms with van der Waals surface area (Å²) in [5.74, 6) is 0.321. The first-order chi connectivity index (χ1) is 8.38. The lowest BCUT2D eigenvalue weighted by Crippen LogP contribution is -2.24. The van der Waals surface area contributed by atoms with Crippen LogP contribution in [0.3, 0.4) is 0 Å². The molecule has 1 aromatic carbocycles. The molecule has 100 valence electrons. The average Bonchev–Trinajstić information content (AvgIpc) is 2.22. The molecule has 0 bridgehead atoms. The van der Waals surface area contributed by atoms with Gasteiger partial charge in [-0.1, -0.05) is 51.3 Å². The van der Waals surface area contributed by atoms with E-state index in [0.29, 0.717) is 10.4 Å². The number of nitrogens with one attached hydrogen (secondary N) is 1. The standard InChI is InChI=1S/C10H9BrCl3NO2S/c11-7-5-8(13)10(9(14)6-7)18(16,17)15-4-2-1-3-12/h1-2,5-6,15H,3-4H2/b2-1+. The van der Waals surface area contributed by atoms with Gasteiger partial charge < -0.3 is 0 Å². The van der Waals surface area contributed by atoms with Crippen molar-refractivity contribution in [3.8, 4) is 0 Å². The van der Waals surface area contributed by atoms with Gasteiger partial charge >= 0.3 is 0 Å². The van der Waals surface area contributed by atoms with Crippen LogP contribution in [0.25, 0.3) is 0 Å². The van der Waals surface area contributed by atoms with Gasteiger partial charge in [-0.15, -0.1) is 11.6 Å². The molecule has 1 aromatic rings. The first kappa shape index (κ1) is 16.3. The highest BCUT2D eigenvalue weighted by molar-refractivity contribution is 9.10. The molecule has 8 heteroatoms. The van der Waals surface area contributed by atoms with Gasteiger partial charge in [0.15, 0.2) is 0 Å². The zero-order valence-corrected chi connectivity index (χ0v) is 13.6. The summed E-state index contributed by atoms with van der Waals surface area (Å²) >= 11 is 20.4. The smallest absolute Gasteiger partial charge is 0.207 e. The van der Waals surface area contributed by atoms with E-state index in [0.717, 1.165) is 0 Å². The van der Waals surface area contributed by atoms with Crippen molar-refractivity contribution < 1.29 is 8.42 Å². The minimum absolute atomic E-state index is 0.0585. The lowest BCUT2D eigenvalue weighted by molar-refractivity contribution is 0.585. The number of benzene rings is 1. The quantitative estimate of drug-likeness (QED) is 0.610. The van der Waals surface area contributed by atoms with Gasteiger partial charge in [0.2, 0.25) is 10.0 Å². The maximum atomic E-state index is 12.0. The fourth-order valence-electron chi connectivity index (χ4n) is 1.16. The number of halogens is 4. The van der Waals surface area contributed by atoms with Gasteiger partial charge in [-0.2, -0.15) is 0 Å². The van der Waals surface area contributed by atoms with E-state index in [9.17, 15) is 8.42 Å². The number of alkyl halides is 1. The van der Waals surface area contributed by atoms with Crippen LogP contribution >= 0.6 is 50.7 Å². The van der Waals surface area contributed by atoms with Gasteiger partial charge in [-0.25, -0.2) is 13.1 Å². The number of hydrogen-bond acceptors (Lipinski definition) is 2. The predicted octanol–water partition coefficient (Wildman–Crippen LogP) is 3.83. The number of allylic oxidation sites excluding steroid dienone is 1. The molecule has 0 aliphatic carbocycles. The van der Waals surface area contributed by atoms with Crippen LogP contribution in [0.5, 0.6) is 0 Å². The van der Waals surface area contributed by atoms with Crippen LogP contribution in [-0.2, 0) is 10.0 Å². The monoisotopic (exact) mass is 391 g/mol. The van der Waals surface area contributed by atoms with E-state index >= 15 is 0 Å². The van der Waals surface area contributed by atoms with Crippen molar-refractivity contribution in [2.75, 3.05) is 12.4 Å². The van der Waals surface area contributed by atoms with Crippen molar-refractivity contribution in [1.29, 1.82) is 0 Å². The molecular formula is C10H9BrCl3NO2S. The first-order valence-corrected chi connectivity index (χ1v) is 8.30. The molecule has 0 aliphatic rings. The highest BCUT2D eigenvalue weighted by Crippen LogP contribution is 2.32. The third-order valence-corrected chi connectivity index (χ3v) is 4.86. The van der Waals surface area contributed by atoms with Crippen LogP contribution < -0.4 is 4.72 Å². The fraction of sp³-hybridized carbons (Fsp3) is 0.200. The van der Waals surface area contributed by atoms with Gasteiger partial charge in [0.25, 0.3) is 0 Å². The summed E-state index contributed by atoms with van der Waals surface area (Å²) < 4.78 is 26.9. The van der Waals surface area contributed by atoms with Gasteiger partial charge in [-0.05, 0) is 12.1 Å². The molecule has 0 fully saturated rings. The van der Waals surface area contributed by atoms with E-state index in [-0.39, 0.29) is 21.5 Å². The van der Waals surface area contributed by atoms with E-state index in [1.165, 1.54) is 12.1 Å². The minimum atomic E-state index is -3.75. The van der Waals surface area contributed by atoms with Gasteiger partial charge in [0.1, 0.15) is 4.90 Å². The van der Waals surface area contributed by atoms with E-state index in [4.69, 9.17) is 34.8 Å². The summed E-state index contributed by atoms with van der Waals surface area (Å²) in [6.07, 6.45) is 3.24. The van der Waals surface area contributed by atoms with Crippen molar-refractivity contribution in [2.45, 2.75) is 4.90 Å².